The number of hydrogen-bond donors (Lipinski definition) is 1. The van der Waals surface area contributed by atoms with Crippen LogP contribution in [0, 0.1) is 0 Å². The second-order valence-corrected chi connectivity index (χ2v) is 6.20. The topological polar surface area (TPSA) is 73.9 Å². The van der Waals surface area contributed by atoms with Gasteiger partial charge in [0.2, 0.25) is 0 Å². The van der Waals surface area contributed by atoms with Crippen molar-refractivity contribution in [3.8, 4) is 11.5 Å². The fraction of sp³-hybridized carbons (Fsp3) is 0.238. The first-order valence-electron chi connectivity index (χ1n) is 8.59. The van der Waals surface area contributed by atoms with Crippen LogP contribution in [-0.4, -0.2) is 32.2 Å². The van der Waals surface area contributed by atoms with E-state index in [2.05, 4.69) is 11.9 Å². The highest BCUT2D eigenvalue weighted by atomic mass is 35.5. The molecule has 1 N–H and O–H groups in total. The van der Waals surface area contributed by atoms with Crippen molar-refractivity contribution in [3.05, 3.63) is 71.3 Å². The van der Waals surface area contributed by atoms with E-state index < -0.39 is 18.5 Å². The summed E-state index contributed by atoms with van der Waals surface area (Å²) in [5.41, 5.74) is 1.79. The predicted octanol–water partition coefficient (Wildman–Crippen LogP) is 3.32. The number of rotatable bonds is 10. The van der Waals surface area contributed by atoms with E-state index in [0.717, 1.165) is 11.1 Å². The van der Waals surface area contributed by atoms with E-state index >= 15 is 0 Å². The quantitative estimate of drug-likeness (QED) is 0.486. The molecule has 0 heterocycles. The molecule has 0 fully saturated rings. The highest BCUT2D eigenvalue weighted by molar-refractivity contribution is 6.31. The molecule has 28 heavy (non-hydrogen) atoms. The van der Waals surface area contributed by atoms with Gasteiger partial charge in [-0.05, 0) is 35.7 Å². The van der Waals surface area contributed by atoms with Gasteiger partial charge >= 0.3 is 5.97 Å². The maximum atomic E-state index is 11.8. The van der Waals surface area contributed by atoms with Crippen LogP contribution in [0.4, 0.5) is 0 Å². The molecule has 0 radical (unpaired) electrons. The first-order valence-corrected chi connectivity index (χ1v) is 8.97. The fourth-order valence-corrected chi connectivity index (χ4v) is 2.54. The summed E-state index contributed by atoms with van der Waals surface area (Å²) in [6, 6.07) is 12.5. The van der Waals surface area contributed by atoms with Crippen LogP contribution < -0.4 is 14.8 Å². The molecule has 7 heteroatoms. The Morgan fingerprint density at radius 3 is 2.64 bits per heavy atom. The molecule has 0 atom stereocenters. The van der Waals surface area contributed by atoms with E-state index in [-0.39, 0.29) is 13.2 Å². The van der Waals surface area contributed by atoms with Gasteiger partial charge in [-0.3, -0.25) is 4.79 Å². The van der Waals surface area contributed by atoms with Gasteiger partial charge in [0, 0.05) is 11.6 Å². The second kappa shape index (κ2) is 11.0. The lowest BCUT2D eigenvalue weighted by atomic mass is 10.1. The lowest BCUT2D eigenvalue weighted by Gasteiger charge is -2.12. The Balaban J connectivity index is 1.76. The minimum absolute atomic E-state index is 0.251. The zero-order valence-electron chi connectivity index (χ0n) is 15.6. The van der Waals surface area contributed by atoms with Crippen LogP contribution in [0.2, 0.25) is 5.02 Å². The average molecular weight is 404 g/mol. The van der Waals surface area contributed by atoms with Gasteiger partial charge in [0.1, 0.15) is 0 Å². The Bertz CT molecular complexity index is 837. The fourth-order valence-electron chi connectivity index (χ4n) is 2.34. The number of methoxy groups -OCH3 is 1. The number of halogens is 1. The van der Waals surface area contributed by atoms with Crippen LogP contribution in [0.3, 0.4) is 0 Å². The SMILES string of the molecule is C=CCc1ccc(OCC(=O)OCC(=O)NCc2ccccc2Cl)c(OC)c1. The van der Waals surface area contributed by atoms with Crippen molar-refractivity contribution < 1.29 is 23.8 Å². The molecule has 6 nitrogen and oxygen atoms in total. The summed E-state index contributed by atoms with van der Waals surface area (Å²) in [5, 5.41) is 3.19. The predicted molar refractivity (Wildman–Crippen MR) is 107 cm³/mol. The lowest BCUT2D eigenvalue weighted by molar-refractivity contribution is -0.150. The van der Waals surface area contributed by atoms with Crippen molar-refractivity contribution in [2.75, 3.05) is 20.3 Å². The lowest BCUT2D eigenvalue weighted by Crippen LogP contribution is -2.29. The molecule has 2 rings (SSSR count). The van der Waals surface area contributed by atoms with Gasteiger partial charge < -0.3 is 19.5 Å². The van der Waals surface area contributed by atoms with Gasteiger partial charge in [0.05, 0.1) is 7.11 Å². The number of benzene rings is 2. The van der Waals surface area contributed by atoms with Gasteiger partial charge in [0.25, 0.3) is 5.91 Å². The number of carbonyl (C=O) groups is 2. The molecule has 0 unspecified atom stereocenters. The molecule has 0 aliphatic rings. The molecular weight excluding hydrogens is 382 g/mol. The van der Waals surface area contributed by atoms with Crippen molar-refractivity contribution in [2.24, 2.45) is 0 Å². The Morgan fingerprint density at radius 1 is 1.14 bits per heavy atom. The van der Waals surface area contributed by atoms with E-state index in [1.54, 1.807) is 30.3 Å². The Kier molecular flexibility index (Phi) is 8.37. The van der Waals surface area contributed by atoms with Crippen LogP contribution in [-0.2, 0) is 27.3 Å². The van der Waals surface area contributed by atoms with Crippen molar-refractivity contribution in [1.82, 2.24) is 5.32 Å². The number of nitrogens with one attached hydrogen (secondary N) is 1. The van der Waals surface area contributed by atoms with Crippen molar-refractivity contribution in [1.29, 1.82) is 0 Å². The van der Waals surface area contributed by atoms with E-state index in [9.17, 15) is 9.59 Å². The smallest absolute Gasteiger partial charge is 0.344 e. The minimum atomic E-state index is -0.662. The van der Waals surface area contributed by atoms with Crippen LogP contribution in [0.25, 0.3) is 0 Å². The van der Waals surface area contributed by atoms with Gasteiger partial charge in [-0.25, -0.2) is 4.79 Å². The third-order valence-corrected chi connectivity index (χ3v) is 4.12. The summed E-state index contributed by atoms with van der Waals surface area (Å²) in [6.07, 6.45) is 2.48. The molecule has 0 saturated carbocycles. The molecule has 0 saturated heterocycles. The molecule has 2 aromatic carbocycles. The monoisotopic (exact) mass is 403 g/mol. The highest BCUT2D eigenvalue weighted by Gasteiger charge is 2.11. The van der Waals surface area contributed by atoms with Gasteiger partial charge in [-0.2, -0.15) is 0 Å². The number of amides is 1. The van der Waals surface area contributed by atoms with E-state index in [1.807, 2.05) is 18.2 Å². The molecule has 0 aliphatic carbocycles. The first-order chi connectivity index (χ1) is 13.5. The molecule has 0 aromatic heterocycles. The normalized spacial score (nSPS) is 10.1. The average Bonchev–Trinajstić information content (AvgIpc) is 2.70. The van der Waals surface area contributed by atoms with E-state index in [4.69, 9.17) is 25.8 Å². The van der Waals surface area contributed by atoms with Crippen molar-refractivity contribution in [3.63, 3.8) is 0 Å². The summed E-state index contributed by atoms with van der Waals surface area (Å²) >= 11 is 6.02. The zero-order chi connectivity index (χ0) is 20.4. The Morgan fingerprint density at radius 2 is 1.93 bits per heavy atom. The van der Waals surface area contributed by atoms with Crippen LogP contribution in [0.5, 0.6) is 11.5 Å². The maximum Gasteiger partial charge on any atom is 0.344 e. The van der Waals surface area contributed by atoms with E-state index in [0.29, 0.717) is 22.9 Å². The third kappa shape index (κ3) is 6.63. The number of esters is 1. The minimum Gasteiger partial charge on any atom is -0.493 e. The molecule has 0 aliphatic heterocycles. The summed E-state index contributed by atoms with van der Waals surface area (Å²) in [4.78, 5) is 23.6. The summed E-state index contributed by atoms with van der Waals surface area (Å²) in [5.74, 6) is -0.176. The maximum absolute atomic E-state index is 11.8. The second-order valence-electron chi connectivity index (χ2n) is 5.80. The summed E-state index contributed by atoms with van der Waals surface area (Å²) < 4.78 is 15.6. The third-order valence-electron chi connectivity index (χ3n) is 3.75. The van der Waals surface area contributed by atoms with Crippen LogP contribution in [0.1, 0.15) is 11.1 Å². The Labute approximate surface area is 169 Å². The molecular formula is C21H22ClNO5. The van der Waals surface area contributed by atoms with Crippen molar-refractivity contribution in [2.45, 2.75) is 13.0 Å². The van der Waals surface area contributed by atoms with Crippen LogP contribution in [0.15, 0.2) is 55.1 Å². The van der Waals surface area contributed by atoms with Crippen LogP contribution >= 0.6 is 11.6 Å². The van der Waals surface area contributed by atoms with Gasteiger partial charge in [0.15, 0.2) is 24.7 Å². The molecule has 0 spiro atoms. The summed E-state index contributed by atoms with van der Waals surface area (Å²) in [6.45, 7) is 3.20. The first kappa shape index (κ1) is 21.3. The van der Waals surface area contributed by atoms with Gasteiger partial charge in [-0.1, -0.05) is 41.9 Å². The van der Waals surface area contributed by atoms with Gasteiger partial charge in [-0.15, -0.1) is 6.58 Å². The number of ether oxygens (including phenoxy) is 3. The summed E-state index contributed by atoms with van der Waals surface area (Å²) in [7, 11) is 1.52. The molecule has 0 bridgehead atoms. The molecule has 148 valence electrons. The number of hydrogen-bond acceptors (Lipinski definition) is 5. The standard InChI is InChI=1S/C21H22ClNO5/c1-3-6-15-9-10-18(19(11-15)26-2)27-14-21(25)28-13-20(24)23-12-16-7-4-5-8-17(16)22/h3-5,7-11H,1,6,12-14H2,2H3,(H,23,24). The highest BCUT2D eigenvalue weighted by Crippen LogP contribution is 2.28. The van der Waals surface area contributed by atoms with Crippen molar-refractivity contribution >= 4 is 23.5 Å². The number of carbonyl (C=O) groups excluding carboxylic acids is 2. The van der Waals surface area contributed by atoms with E-state index in [1.165, 1.54) is 7.11 Å². The zero-order valence-corrected chi connectivity index (χ0v) is 16.3. The molecule has 2 aromatic rings. The largest absolute Gasteiger partial charge is 0.493 e. The Hall–Kier alpha value is -2.99. The molecule has 1 amide bonds. The number of allylic oxidation sites excluding steroid dienone is 1.